The van der Waals surface area contributed by atoms with E-state index in [2.05, 4.69) is 151 Å². The third-order valence-corrected chi connectivity index (χ3v) is 15.4. The minimum Gasteiger partial charge on any atom is -0.309 e. The number of hydrogen-bond donors (Lipinski definition) is 0. The first-order valence-corrected chi connectivity index (χ1v) is 20.9. The fourth-order valence-corrected chi connectivity index (χ4v) is 10.4. The van der Waals surface area contributed by atoms with Crippen molar-refractivity contribution in [2.75, 3.05) is 9.80 Å². The van der Waals surface area contributed by atoms with Gasteiger partial charge in [-0.15, -0.1) is 0 Å². The molecule has 0 atom stereocenters. The first-order chi connectivity index (χ1) is 27.4. The molecule has 0 unspecified atom stereocenters. The maximum Gasteiger partial charge on any atom is 0.0991 e. The second kappa shape index (κ2) is 13.7. The summed E-state index contributed by atoms with van der Waals surface area (Å²) in [6.07, 6.45) is 5.78. The van der Waals surface area contributed by atoms with E-state index >= 15 is 0 Å². The smallest absolute Gasteiger partial charge is 0.0991 e. The number of nitrogens with zero attached hydrogens (tertiary/aromatic N) is 4. The molecule has 0 N–H and O–H groups in total. The summed E-state index contributed by atoms with van der Waals surface area (Å²) < 4.78 is 0. The standard InChI is InChI=1S/C54H58N4/c1-26-30(5)38(13)51-44(34(26)9)22-45-35(10)27(2)31(6)39(14)52(45)57(51)49-18-17-42(24-55)21-48(49)43-19-20-56-25-50(43)58-53-40(15)32(7)28(3)36(11)46(53)23-47-37(12)29(4)33(8)41(16)54(47)58/h17-21,25H,22-23H2,1-16H3. The zero-order valence-electron chi connectivity index (χ0n) is 37.7. The van der Waals surface area contributed by atoms with Crippen LogP contribution in [0.2, 0.25) is 0 Å². The number of hydrogen-bond acceptors (Lipinski definition) is 4. The quantitative estimate of drug-likeness (QED) is 0.180. The van der Waals surface area contributed by atoms with Gasteiger partial charge in [-0.1, -0.05) is 0 Å². The third kappa shape index (κ3) is 5.28. The molecule has 8 rings (SSSR count). The predicted octanol–water partition coefficient (Wildman–Crippen LogP) is 14.3. The van der Waals surface area contributed by atoms with E-state index in [-0.39, 0.29) is 0 Å². The van der Waals surface area contributed by atoms with Gasteiger partial charge in [-0.05, 0) is 246 Å². The lowest BCUT2D eigenvalue weighted by Crippen LogP contribution is -2.26. The van der Waals surface area contributed by atoms with Crippen molar-refractivity contribution in [3.05, 3.63) is 153 Å². The summed E-state index contributed by atoms with van der Waals surface area (Å²) in [6.45, 7) is 36.6. The van der Waals surface area contributed by atoms with Crippen LogP contribution >= 0.6 is 0 Å². The van der Waals surface area contributed by atoms with Gasteiger partial charge in [-0.2, -0.15) is 5.26 Å². The van der Waals surface area contributed by atoms with Gasteiger partial charge in [0.1, 0.15) is 0 Å². The highest BCUT2D eigenvalue weighted by Gasteiger charge is 2.37. The number of benzene rings is 5. The Kier molecular flexibility index (Phi) is 9.28. The highest BCUT2D eigenvalue weighted by molar-refractivity contribution is 6.01. The van der Waals surface area contributed by atoms with Crippen molar-refractivity contribution in [3.8, 4) is 17.2 Å². The van der Waals surface area contributed by atoms with E-state index in [0.29, 0.717) is 5.56 Å². The fraction of sp³-hybridized carbons (Fsp3) is 0.333. The lowest BCUT2D eigenvalue weighted by molar-refractivity contribution is 0.992. The van der Waals surface area contributed by atoms with Gasteiger partial charge in [-0.25, -0.2) is 0 Å². The summed E-state index contributed by atoms with van der Waals surface area (Å²) in [4.78, 5) is 10.0. The Labute approximate surface area is 347 Å². The van der Waals surface area contributed by atoms with Crippen LogP contribution in [0.3, 0.4) is 0 Å². The Balaban J connectivity index is 1.52. The second-order valence-corrected chi connectivity index (χ2v) is 17.6. The highest BCUT2D eigenvalue weighted by atomic mass is 15.2. The predicted molar refractivity (Wildman–Crippen MR) is 245 cm³/mol. The molecular formula is C54H58N4. The molecule has 0 fully saturated rings. The summed E-state index contributed by atoms with van der Waals surface area (Å²) in [5.41, 5.74) is 36.8. The van der Waals surface area contributed by atoms with Gasteiger partial charge < -0.3 is 9.80 Å². The summed E-state index contributed by atoms with van der Waals surface area (Å²) in [6, 6.07) is 11.0. The van der Waals surface area contributed by atoms with Gasteiger partial charge in [0, 0.05) is 30.2 Å². The first-order valence-electron chi connectivity index (χ1n) is 20.9. The minimum atomic E-state index is 0.636. The number of rotatable bonds is 3. The summed E-state index contributed by atoms with van der Waals surface area (Å²) in [5.74, 6) is 0. The van der Waals surface area contributed by atoms with Crippen LogP contribution < -0.4 is 9.80 Å². The maximum atomic E-state index is 10.6. The Morgan fingerprint density at radius 3 is 1.12 bits per heavy atom. The van der Waals surface area contributed by atoms with Gasteiger partial charge in [0.05, 0.1) is 52.0 Å². The molecule has 3 heterocycles. The number of anilines is 6. The number of aromatic nitrogens is 1. The molecule has 58 heavy (non-hydrogen) atoms. The van der Waals surface area contributed by atoms with Crippen molar-refractivity contribution < 1.29 is 0 Å². The second-order valence-electron chi connectivity index (χ2n) is 17.6. The number of fused-ring (bicyclic) bond motifs is 4. The Morgan fingerprint density at radius 2 is 0.759 bits per heavy atom. The Bertz CT molecular complexity index is 2720. The van der Waals surface area contributed by atoms with E-state index in [0.717, 1.165) is 35.3 Å². The third-order valence-electron chi connectivity index (χ3n) is 15.4. The van der Waals surface area contributed by atoms with Crippen molar-refractivity contribution in [1.82, 2.24) is 4.98 Å². The van der Waals surface area contributed by atoms with Crippen molar-refractivity contribution in [3.63, 3.8) is 0 Å². The molecule has 6 aromatic rings. The van der Waals surface area contributed by atoms with Crippen LogP contribution in [-0.4, -0.2) is 4.98 Å². The average Bonchev–Trinajstić information content (AvgIpc) is 3.24. The SMILES string of the molecule is Cc1c(C)c(C)c2c(c1C)Cc1c(C)c(C)c(C)c(C)c1N2c1ccc(C#N)cc1-c1ccncc1N1c2c(C)c(C)c(C)c(C)c2Cc2c(C)c(C)c(C)c(C)c21. The molecule has 5 aromatic carbocycles. The van der Waals surface area contributed by atoms with Gasteiger partial charge >= 0.3 is 0 Å². The molecule has 0 bridgehead atoms. The monoisotopic (exact) mass is 762 g/mol. The lowest BCUT2D eigenvalue weighted by Gasteiger charge is -2.42. The van der Waals surface area contributed by atoms with Crippen molar-refractivity contribution in [1.29, 1.82) is 5.26 Å². The summed E-state index contributed by atoms with van der Waals surface area (Å²) >= 11 is 0. The van der Waals surface area contributed by atoms with Crippen LogP contribution in [0.5, 0.6) is 0 Å². The molecule has 0 radical (unpaired) electrons. The van der Waals surface area contributed by atoms with Crippen LogP contribution in [0.15, 0.2) is 36.7 Å². The van der Waals surface area contributed by atoms with E-state index in [1.807, 2.05) is 12.3 Å². The molecule has 4 nitrogen and oxygen atoms in total. The molecule has 0 aliphatic carbocycles. The Morgan fingerprint density at radius 1 is 0.414 bits per heavy atom. The van der Waals surface area contributed by atoms with E-state index in [4.69, 9.17) is 4.98 Å². The molecule has 0 amide bonds. The zero-order valence-corrected chi connectivity index (χ0v) is 37.7. The van der Waals surface area contributed by atoms with Crippen LogP contribution in [0.4, 0.5) is 34.1 Å². The summed E-state index contributed by atoms with van der Waals surface area (Å²) in [5, 5.41) is 10.6. The van der Waals surface area contributed by atoms with Crippen molar-refractivity contribution in [2.24, 2.45) is 0 Å². The van der Waals surface area contributed by atoms with E-state index in [9.17, 15) is 5.26 Å². The van der Waals surface area contributed by atoms with Gasteiger partial charge in [0.2, 0.25) is 0 Å². The maximum absolute atomic E-state index is 10.6. The molecule has 0 spiro atoms. The molecule has 2 aliphatic heterocycles. The molecule has 4 heteroatoms. The van der Waals surface area contributed by atoms with Gasteiger partial charge in [0.15, 0.2) is 0 Å². The number of pyridine rings is 1. The van der Waals surface area contributed by atoms with Gasteiger partial charge in [-0.3, -0.25) is 4.98 Å². The number of nitriles is 1. The first kappa shape index (κ1) is 39.2. The molecule has 0 saturated carbocycles. The largest absolute Gasteiger partial charge is 0.309 e. The van der Waals surface area contributed by atoms with E-state index < -0.39 is 0 Å². The topological polar surface area (TPSA) is 43.2 Å². The highest BCUT2D eigenvalue weighted by Crippen LogP contribution is 2.57. The fourth-order valence-electron chi connectivity index (χ4n) is 10.4. The zero-order chi connectivity index (χ0) is 42.0. The minimum absolute atomic E-state index is 0.636. The molecular weight excluding hydrogens is 705 g/mol. The van der Waals surface area contributed by atoms with Crippen LogP contribution in [-0.2, 0) is 12.8 Å². The van der Waals surface area contributed by atoms with Crippen molar-refractivity contribution >= 4 is 34.1 Å². The molecule has 1 aromatic heterocycles. The Hall–Kier alpha value is -5.66. The van der Waals surface area contributed by atoms with Crippen LogP contribution in [0.1, 0.15) is 117 Å². The van der Waals surface area contributed by atoms with E-state index in [1.54, 1.807) is 0 Å². The average molecular weight is 763 g/mol. The normalized spacial score (nSPS) is 12.9. The molecule has 2 aliphatic rings. The van der Waals surface area contributed by atoms with Crippen LogP contribution in [0, 0.1) is 122 Å². The lowest BCUT2D eigenvalue weighted by atomic mass is 9.80. The van der Waals surface area contributed by atoms with E-state index in [1.165, 1.54) is 134 Å². The molecule has 294 valence electrons. The van der Waals surface area contributed by atoms with Gasteiger partial charge in [0.25, 0.3) is 0 Å². The summed E-state index contributed by atoms with van der Waals surface area (Å²) in [7, 11) is 0. The van der Waals surface area contributed by atoms with Crippen molar-refractivity contribution in [2.45, 2.75) is 124 Å². The molecule has 0 saturated heterocycles. The van der Waals surface area contributed by atoms with Crippen LogP contribution in [0.25, 0.3) is 11.1 Å².